The maximum atomic E-state index is 11.9. The largest absolute Gasteiger partial charge is 0.480 e. The molecule has 0 aliphatic carbocycles. The minimum absolute atomic E-state index is 0.652. The van der Waals surface area contributed by atoms with Gasteiger partial charge in [-0.3, -0.25) is 23.4 Å². The van der Waals surface area contributed by atoms with Crippen LogP contribution in [0.15, 0.2) is 21.9 Å². The lowest BCUT2D eigenvalue weighted by atomic mass is 10.1. The maximum absolute atomic E-state index is 11.9. The highest BCUT2D eigenvalue weighted by Gasteiger charge is 2.49. The Bertz CT molecular complexity index is 994. The van der Waals surface area contributed by atoms with E-state index in [9.17, 15) is 33.3 Å². The van der Waals surface area contributed by atoms with Gasteiger partial charge < -0.3 is 29.4 Å². The van der Waals surface area contributed by atoms with Gasteiger partial charge in [0.1, 0.15) is 18.3 Å². The standard InChI is InChI=1S/C9H16N3O14P3/c10-27(16,17)26-29(21,22)23-3-4-7(25-28(18,19)20)6(14)8(24-4)12-2-1-5(13)11-9(12)15/h1-2,4,6-8,14H,3H2,(H,21,22)(H3,10,16,17)(H,11,13,15)(H2,18,19,20)/t4-,6-,7-,8-/m1/s1. The molecule has 2 heterocycles. The van der Waals surface area contributed by atoms with Gasteiger partial charge in [-0.25, -0.2) is 24.0 Å². The van der Waals surface area contributed by atoms with Crippen molar-refractivity contribution < 1.29 is 56.5 Å². The average molecular weight is 483 g/mol. The summed E-state index contributed by atoms with van der Waals surface area (Å²) in [6, 6.07) is 0.885. The summed E-state index contributed by atoms with van der Waals surface area (Å²) in [5, 5.41) is 10.3. The number of nitrogens with one attached hydrogen (secondary N) is 1. The number of aliphatic hydroxyl groups is 1. The van der Waals surface area contributed by atoms with Crippen molar-refractivity contribution in [1.29, 1.82) is 0 Å². The molecule has 1 aromatic rings. The van der Waals surface area contributed by atoms with E-state index in [4.69, 9.17) is 19.4 Å². The zero-order valence-corrected chi connectivity index (χ0v) is 16.6. The second kappa shape index (κ2) is 8.61. The molecule has 1 fully saturated rings. The number of aromatic amines is 1. The van der Waals surface area contributed by atoms with E-state index in [0.717, 1.165) is 12.3 Å². The molecule has 0 saturated carbocycles. The number of nitrogens with zero attached hydrogens (tertiary/aromatic N) is 1. The van der Waals surface area contributed by atoms with Crippen molar-refractivity contribution in [1.82, 2.24) is 9.55 Å². The Morgan fingerprint density at radius 2 is 1.83 bits per heavy atom. The summed E-state index contributed by atoms with van der Waals surface area (Å²) in [6.45, 7) is -1.07. The van der Waals surface area contributed by atoms with Crippen molar-refractivity contribution in [2.75, 3.05) is 6.61 Å². The van der Waals surface area contributed by atoms with Crippen LogP contribution in [0.5, 0.6) is 0 Å². The molecule has 1 aliphatic heterocycles. The van der Waals surface area contributed by atoms with E-state index in [2.05, 4.69) is 18.9 Å². The summed E-state index contributed by atoms with van der Waals surface area (Å²) in [5.74, 6) is 0. The van der Waals surface area contributed by atoms with E-state index in [1.165, 1.54) is 0 Å². The van der Waals surface area contributed by atoms with Crippen molar-refractivity contribution in [2.45, 2.75) is 24.5 Å². The lowest BCUT2D eigenvalue weighted by Crippen LogP contribution is -2.38. The molecule has 2 unspecified atom stereocenters. The number of nitrogens with two attached hydrogens (primary N) is 1. The van der Waals surface area contributed by atoms with Crippen molar-refractivity contribution in [3.8, 4) is 0 Å². The first kappa shape index (κ1) is 24.2. The first-order chi connectivity index (χ1) is 13.1. The monoisotopic (exact) mass is 483 g/mol. The minimum atomic E-state index is -5.24. The molecular weight excluding hydrogens is 467 g/mol. The number of phosphoric acid groups is 2. The van der Waals surface area contributed by atoms with E-state index in [-0.39, 0.29) is 0 Å². The molecule has 29 heavy (non-hydrogen) atoms. The van der Waals surface area contributed by atoms with Crippen LogP contribution < -0.4 is 16.8 Å². The molecule has 0 aromatic carbocycles. The number of rotatable bonds is 8. The molecule has 2 rings (SSSR count). The molecular formula is C9H16N3O14P3. The van der Waals surface area contributed by atoms with E-state index in [0.29, 0.717) is 4.57 Å². The van der Waals surface area contributed by atoms with Crippen molar-refractivity contribution in [3.63, 3.8) is 0 Å². The Kier molecular flexibility index (Phi) is 7.20. The van der Waals surface area contributed by atoms with E-state index in [1.807, 2.05) is 4.98 Å². The normalized spacial score (nSPS) is 29.3. The van der Waals surface area contributed by atoms with Gasteiger partial charge >= 0.3 is 29.1 Å². The van der Waals surface area contributed by atoms with E-state index >= 15 is 0 Å². The Labute approximate surface area is 160 Å². The maximum Gasteiger partial charge on any atom is 0.480 e. The second-order valence-corrected chi connectivity index (χ2v) is 9.71. The zero-order valence-electron chi connectivity index (χ0n) is 13.9. The first-order valence-electron chi connectivity index (χ1n) is 7.27. The van der Waals surface area contributed by atoms with E-state index < -0.39 is 65.8 Å². The number of H-pyrrole nitrogens is 1. The number of aromatic nitrogens is 2. The van der Waals surface area contributed by atoms with Gasteiger partial charge in [-0.15, -0.1) is 0 Å². The van der Waals surface area contributed by atoms with Gasteiger partial charge in [-0.1, -0.05) is 0 Å². The topological polar surface area (TPSA) is 270 Å². The van der Waals surface area contributed by atoms with Crippen LogP contribution in [-0.4, -0.2) is 59.2 Å². The van der Waals surface area contributed by atoms with Crippen LogP contribution >= 0.6 is 23.4 Å². The second-order valence-electron chi connectivity index (χ2n) is 5.54. The third-order valence-corrected chi connectivity index (χ3v) is 6.07. The van der Waals surface area contributed by atoms with Gasteiger partial charge in [0.05, 0.1) is 6.61 Å². The Morgan fingerprint density at radius 3 is 2.34 bits per heavy atom. The highest BCUT2D eigenvalue weighted by atomic mass is 31.3. The number of hydrogen-bond acceptors (Lipinski definition) is 10. The summed E-state index contributed by atoms with van der Waals surface area (Å²) in [5.41, 5.74) is 2.74. The number of hydrogen-bond donors (Lipinski definition) is 7. The predicted molar refractivity (Wildman–Crippen MR) is 89.0 cm³/mol. The fourth-order valence-electron chi connectivity index (χ4n) is 2.34. The summed E-state index contributed by atoms with van der Waals surface area (Å²) in [4.78, 5) is 60.9. The van der Waals surface area contributed by atoms with Crippen LogP contribution in [-0.2, 0) is 31.8 Å². The molecule has 0 bridgehead atoms. The predicted octanol–water partition coefficient (Wildman–Crippen LogP) is -2.53. The summed E-state index contributed by atoms with van der Waals surface area (Å²) < 4.78 is 52.0. The number of ether oxygens (including phenoxy) is 1. The fraction of sp³-hybridized carbons (Fsp3) is 0.556. The SMILES string of the molecule is NP(=O)(O)OP(=O)(O)OC[C@H]1O[C@@H](n2ccc(=O)[nH]c2=O)[C@H](O)[C@@H]1OP(=O)(O)O. The highest BCUT2D eigenvalue weighted by Crippen LogP contribution is 2.56. The Hall–Kier alpha value is -1.03. The van der Waals surface area contributed by atoms with Crippen LogP contribution in [0, 0.1) is 0 Å². The highest BCUT2D eigenvalue weighted by molar-refractivity contribution is 7.62. The molecule has 8 N–H and O–H groups in total. The first-order valence-corrected chi connectivity index (χ1v) is 11.9. The van der Waals surface area contributed by atoms with Crippen molar-refractivity contribution >= 4 is 23.4 Å². The van der Waals surface area contributed by atoms with Crippen LogP contribution in [0.4, 0.5) is 0 Å². The van der Waals surface area contributed by atoms with Gasteiger partial charge in [-0.05, 0) is 0 Å². The smallest absolute Gasteiger partial charge is 0.386 e. The van der Waals surface area contributed by atoms with Gasteiger partial charge in [0.15, 0.2) is 6.23 Å². The van der Waals surface area contributed by atoms with Gasteiger partial charge in [-0.2, -0.15) is 4.31 Å². The van der Waals surface area contributed by atoms with Crippen molar-refractivity contribution in [2.24, 2.45) is 5.50 Å². The quantitative estimate of drug-likeness (QED) is 0.188. The molecule has 6 atom stereocenters. The Morgan fingerprint density at radius 1 is 1.21 bits per heavy atom. The van der Waals surface area contributed by atoms with Gasteiger partial charge in [0.25, 0.3) is 5.56 Å². The molecule has 20 heteroatoms. The molecule has 17 nitrogen and oxygen atoms in total. The lowest BCUT2D eigenvalue weighted by Gasteiger charge is -2.21. The third-order valence-electron chi connectivity index (χ3n) is 3.32. The molecule has 1 aromatic heterocycles. The zero-order chi connectivity index (χ0) is 22.2. The Balaban J connectivity index is 2.27. The molecule has 0 amide bonds. The van der Waals surface area contributed by atoms with Crippen LogP contribution in [0.3, 0.4) is 0 Å². The number of phosphoric ester groups is 2. The van der Waals surface area contributed by atoms with Crippen molar-refractivity contribution in [3.05, 3.63) is 33.1 Å². The van der Waals surface area contributed by atoms with E-state index in [1.54, 1.807) is 0 Å². The molecule has 1 aliphatic rings. The summed E-state index contributed by atoms with van der Waals surface area (Å²) in [7, 11) is -15.4. The molecule has 166 valence electrons. The van der Waals surface area contributed by atoms with Crippen LogP contribution in [0.2, 0.25) is 0 Å². The third kappa shape index (κ3) is 7.01. The van der Waals surface area contributed by atoms with Gasteiger partial charge in [0, 0.05) is 12.3 Å². The van der Waals surface area contributed by atoms with Crippen LogP contribution in [0.1, 0.15) is 6.23 Å². The number of aliphatic hydroxyl groups excluding tert-OH is 1. The minimum Gasteiger partial charge on any atom is -0.386 e. The van der Waals surface area contributed by atoms with Gasteiger partial charge in [0.2, 0.25) is 0 Å². The average Bonchev–Trinajstić information content (AvgIpc) is 2.78. The summed E-state index contributed by atoms with van der Waals surface area (Å²) >= 11 is 0. The van der Waals surface area contributed by atoms with Crippen LogP contribution in [0.25, 0.3) is 0 Å². The fourth-order valence-corrected chi connectivity index (χ4v) is 4.62. The molecule has 1 saturated heterocycles. The summed E-state index contributed by atoms with van der Waals surface area (Å²) in [6.07, 6.45) is -6.29. The molecule has 0 spiro atoms. The lowest BCUT2D eigenvalue weighted by molar-refractivity contribution is -0.0539. The molecule has 0 radical (unpaired) electrons.